The van der Waals surface area contributed by atoms with E-state index in [4.69, 9.17) is 0 Å². The Morgan fingerprint density at radius 1 is 1.30 bits per heavy atom. The Labute approximate surface area is 135 Å². The Bertz CT molecular complexity index is 793. The smallest absolute Gasteiger partial charge is 0.269 e. The van der Waals surface area contributed by atoms with E-state index >= 15 is 0 Å². The fourth-order valence-corrected chi connectivity index (χ4v) is 2.36. The van der Waals surface area contributed by atoms with Gasteiger partial charge >= 0.3 is 0 Å². The van der Waals surface area contributed by atoms with Crippen LogP contribution in [0.2, 0.25) is 0 Å². The minimum Gasteiger partial charge on any atom is -0.322 e. The molecule has 1 N–H and O–H groups in total. The van der Waals surface area contributed by atoms with Crippen molar-refractivity contribution in [3.63, 3.8) is 0 Å². The number of nitrogens with one attached hydrogen (secondary N) is 1. The maximum Gasteiger partial charge on any atom is 0.269 e. The van der Waals surface area contributed by atoms with Gasteiger partial charge in [-0.2, -0.15) is 0 Å². The quantitative estimate of drug-likeness (QED) is 0.298. The zero-order valence-corrected chi connectivity index (χ0v) is 13.2. The standard InChI is InChI=1S/C15H13N3O4S/c1-9(19)14(7-12-8-23-10(2)16-12)15(20)17-11-3-5-13(6-4-11)18(21)22/h3-8H,1-2H3,(H,17,20)/b14-7+. The predicted octanol–water partition coefficient (Wildman–Crippen LogP) is 2.97. The van der Waals surface area contributed by atoms with Crippen molar-refractivity contribution < 1.29 is 14.5 Å². The van der Waals surface area contributed by atoms with Gasteiger partial charge in [0.1, 0.15) is 0 Å². The van der Waals surface area contributed by atoms with Crippen LogP contribution in [0.3, 0.4) is 0 Å². The molecule has 8 heteroatoms. The molecule has 118 valence electrons. The summed E-state index contributed by atoms with van der Waals surface area (Å²) in [5, 5.41) is 15.7. The molecule has 0 saturated carbocycles. The van der Waals surface area contributed by atoms with Crippen molar-refractivity contribution in [2.45, 2.75) is 13.8 Å². The third-order valence-electron chi connectivity index (χ3n) is 2.89. The highest BCUT2D eigenvalue weighted by Gasteiger charge is 2.16. The number of nitrogens with zero attached hydrogens (tertiary/aromatic N) is 2. The molecule has 0 fully saturated rings. The molecule has 7 nitrogen and oxygen atoms in total. The fraction of sp³-hybridized carbons (Fsp3) is 0.133. The number of carbonyl (C=O) groups excluding carboxylic acids is 2. The summed E-state index contributed by atoms with van der Waals surface area (Å²) in [7, 11) is 0. The first-order valence-corrected chi connectivity index (χ1v) is 7.45. The molecular weight excluding hydrogens is 318 g/mol. The molecule has 23 heavy (non-hydrogen) atoms. The molecule has 0 aliphatic carbocycles. The predicted molar refractivity (Wildman–Crippen MR) is 87.2 cm³/mol. The molecule has 0 bridgehead atoms. The first-order valence-electron chi connectivity index (χ1n) is 6.57. The van der Waals surface area contributed by atoms with Crippen molar-refractivity contribution >= 4 is 40.5 Å². The number of ketones is 1. The zero-order valence-electron chi connectivity index (χ0n) is 12.4. The molecule has 1 heterocycles. The number of hydrogen-bond acceptors (Lipinski definition) is 6. The second-order valence-corrected chi connectivity index (χ2v) is 5.73. The van der Waals surface area contributed by atoms with Crippen molar-refractivity contribution in [1.29, 1.82) is 0 Å². The van der Waals surface area contributed by atoms with Gasteiger partial charge < -0.3 is 5.32 Å². The molecule has 0 aliphatic rings. The molecule has 0 saturated heterocycles. The fourth-order valence-electron chi connectivity index (χ4n) is 1.79. The molecule has 0 unspecified atom stereocenters. The lowest BCUT2D eigenvalue weighted by Crippen LogP contribution is -2.18. The van der Waals surface area contributed by atoms with E-state index in [1.807, 2.05) is 6.92 Å². The number of nitro groups is 1. The van der Waals surface area contributed by atoms with Gasteiger partial charge in [0.2, 0.25) is 0 Å². The van der Waals surface area contributed by atoms with Gasteiger partial charge in [-0.15, -0.1) is 11.3 Å². The Morgan fingerprint density at radius 2 is 1.96 bits per heavy atom. The number of anilines is 1. The lowest BCUT2D eigenvalue weighted by Gasteiger charge is -2.06. The molecule has 0 radical (unpaired) electrons. The monoisotopic (exact) mass is 331 g/mol. The minimum atomic E-state index is -0.586. The van der Waals surface area contributed by atoms with E-state index in [0.717, 1.165) is 5.01 Å². The van der Waals surface area contributed by atoms with Crippen LogP contribution < -0.4 is 5.32 Å². The van der Waals surface area contributed by atoms with Gasteiger partial charge in [0.05, 0.1) is 21.2 Å². The number of Topliss-reactive ketones (excluding diaryl/α,β-unsaturated/α-hetero) is 1. The summed E-state index contributed by atoms with van der Waals surface area (Å²) in [5.41, 5.74) is 0.788. The van der Waals surface area contributed by atoms with Crippen molar-refractivity contribution in [3.05, 3.63) is 56.0 Å². The first-order chi connectivity index (χ1) is 10.9. The average Bonchev–Trinajstić information content (AvgIpc) is 2.90. The van der Waals surface area contributed by atoms with E-state index in [1.54, 1.807) is 5.38 Å². The highest BCUT2D eigenvalue weighted by Crippen LogP contribution is 2.17. The van der Waals surface area contributed by atoms with Crippen LogP contribution in [0.1, 0.15) is 17.6 Å². The van der Waals surface area contributed by atoms with Crippen LogP contribution in [0.25, 0.3) is 6.08 Å². The molecule has 0 spiro atoms. The lowest BCUT2D eigenvalue weighted by molar-refractivity contribution is -0.384. The van der Waals surface area contributed by atoms with E-state index in [0.29, 0.717) is 11.4 Å². The summed E-state index contributed by atoms with van der Waals surface area (Å²) >= 11 is 1.42. The third kappa shape index (κ3) is 4.30. The summed E-state index contributed by atoms with van der Waals surface area (Å²) in [6.45, 7) is 3.12. The van der Waals surface area contributed by atoms with E-state index < -0.39 is 16.6 Å². The van der Waals surface area contributed by atoms with Crippen molar-refractivity contribution in [2.24, 2.45) is 0 Å². The first kappa shape index (κ1) is 16.5. The van der Waals surface area contributed by atoms with Crippen LogP contribution in [0.15, 0.2) is 35.2 Å². The average molecular weight is 331 g/mol. The summed E-state index contributed by atoms with van der Waals surface area (Å²) in [5.74, 6) is -0.980. The van der Waals surface area contributed by atoms with Gasteiger partial charge in [-0.3, -0.25) is 19.7 Å². The number of thiazole rings is 1. The number of benzene rings is 1. The van der Waals surface area contributed by atoms with E-state index in [-0.39, 0.29) is 11.3 Å². The van der Waals surface area contributed by atoms with Crippen LogP contribution in [-0.2, 0) is 9.59 Å². The number of rotatable bonds is 5. The zero-order chi connectivity index (χ0) is 17.0. The number of non-ortho nitro benzene ring substituents is 1. The normalized spacial score (nSPS) is 11.1. The second-order valence-electron chi connectivity index (χ2n) is 4.66. The van der Waals surface area contributed by atoms with Crippen LogP contribution in [0.5, 0.6) is 0 Å². The summed E-state index contributed by atoms with van der Waals surface area (Å²) < 4.78 is 0. The second kappa shape index (κ2) is 6.93. The number of aromatic nitrogens is 1. The van der Waals surface area contributed by atoms with Crippen LogP contribution in [0.4, 0.5) is 11.4 Å². The SMILES string of the molecule is CC(=O)/C(=C\c1csc(C)n1)C(=O)Nc1ccc([N+](=O)[O-])cc1. The molecule has 1 amide bonds. The largest absolute Gasteiger partial charge is 0.322 e. The highest BCUT2D eigenvalue weighted by atomic mass is 32.1. The summed E-state index contributed by atoms with van der Waals surface area (Å²) in [6, 6.07) is 5.36. The Hall–Kier alpha value is -2.87. The molecule has 1 aromatic carbocycles. The number of amides is 1. The number of aryl methyl sites for hydroxylation is 1. The molecule has 1 aromatic heterocycles. The maximum absolute atomic E-state index is 12.2. The van der Waals surface area contributed by atoms with Crippen LogP contribution >= 0.6 is 11.3 Å². The van der Waals surface area contributed by atoms with Gasteiger partial charge in [-0.25, -0.2) is 4.98 Å². The number of nitro benzene ring substituents is 1. The van der Waals surface area contributed by atoms with E-state index in [2.05, 4.69) is 10.3 Å². The molecule has 2 rings (SSSR count). The van der Waals surface area contributed by atoms with Crippen molar-refractivity contribution in [2.75, 3.05) is 5.32 Å². The molecule has 2 aromatic rings. The number of carbonyl (C=O) groups is 2. The molecule has 0 atom stereocenters. The topological polar surface area (TPSA) is 102 Å². The van der Waals surface area contributed by atoms with Crippen LogP contribution in [-0.4, -0.2) is 21.6 Å². The summed E-state index contributed by atoms with van der Waals surface area (Å²) in [6.07, 6.45) is 1.42. The highest BCUT2D eigenvalue weighted by molar-refractivity contribution is 7.09. The minimum absolute atomic E-state index is 0.0337. The van der Waals surface area contributed by atoms with Gasteiger partial charge in [0, 0.05) is 23.2 Å². The van der Waals surface area contributed by atoms with Gasteiger partial charge in [0.25, 0.3) is 11.6 Å². The Kier molecular flexibility index (Phi) is 4.97. The van der Waals surface area contributed by atoms with Gasteiger partial charge in [-0.05, 0) is 32.1 Å². The lowest BCUT2D eigenvalue weighted by atomic mass is 10.1. The summed E-state index contributed by atoms with van der Waals surface area (Å²) in [4.78, 5) is 38.2. The maximum atomic E-state index is 12.2. The van der Waals surface area contributed by atoms with Gasteiger partial charge in [-0.1, -0.05) is 0 Å². The van der Waals surface area contributed by atoms with E-state index in [1.165, 1.54) is 48.6 Å². The Morgan fingerprint density at radius 3 is 2.43 bits per heavy atom. The third-order valence-corrected chi connectivity index (χ3v) is 3.68. The Balaban J connectivity index is 2.20. The van der Waals surface area contributed by atoms with E-state index in [9.17, 15) is 19.7 Å². The van der Waals surface area contributed by atoms with Crippen LogP contribution in [0, 0.1) is 17.0 Å². The molecule has 0 aliphatic heterocycles. The molecular formula is C15H13N3O4S. The van der Waals surface area contributed by atoms with Crippen molar-refractivity contribution in [1.82, 2.24) is 4.98 Å². The van der Waals surface area contributed by atoms with Gasteiger partial charge in [0.15, 0.2) is 5.78 Å². The van der Waals surface area contributed by atoms with Crippen molar-refractivity contribution in [3.8, 4) is 0 Å². The number of hydrogen-bond donors (Lipinski definition) is 1.